The van der Waals surface area contributed by atoms with Crippen molar-refractivity contribution < 1.29 is 4.74 Å². The minimum Gasteiger partial charge on any atom is -0.378 e. The highest BCUT2D eigenvalue weighted by Crippen LogP contribution is 2.58. The molecule has 106 valence electrons. The first-order valence-electron chi connectivity index (χ1n) is 7.36. The lowest BCUT2D eigenvalue weighted by molar-refractivity contribution is -0.157. The summed E-state index contributed by atoms with van der Waals surface area (Å²) in [7, 11) is 0. The normalized spacial score (nSPS) is 27.2. The summed E-state index contributed by atoms with van der Waals surface area (Å²) in [6.07, 6.45) is 8.53. The van der Waals surface area contributed by atoms with Gasteiger partial charge in [0, 0.05) is 18.1 Å². The van der Waals surface area contributed by atoms with Crippen LogP contribution in [0.4, 0.5) is 5.82 Å². The van der Waals surface area contributed by atoms with Crippen molar-refractivity contribution in [2.75, 3.05) is 11.9 Å². The summed E-state index contributed by atoms with van der Waals surface area (Å²) in [5.41, 5.74) is 1.93. The number of aromatic nitrogens is 4. The van der Waals surface area contributed by atoms with E-state index < -0.39 is 0 Å². The molecule has 2 atom stereocenters. The first-order chi connectivity index (χ1) is 9.83. The standard InChI is InChI=1S/C14H19N5O/c1-2-20-10-6-9(14(10)4-3-5-14)19-13-11-12(16-7-15-11)17-8-18-13/h7-10H,2-6H2,1H3,(H2,15,16,17,18,19). The monoisotopic (exact) mass is 273 g/mol. The van der Waals surface area contributed by atoms with Gasteiger partial charge < -0.3 is 15.0 Å². The first kappa shape index (κ1) is 12.1. The van der Waals surface area contributed by atoms with E-state index in [0.29, 0.717) is 23.2 Å². The Morgan fingerprint density at radius 1 is 1.40 bits per heavy atom. The van der Waals surface area contributed by atoms with Crippen molar-refractivity contribution in [1.29, 1.82) is 0 Å². The molecule has 20 heavy (non-hydrogen) atoms. The number of anilines is 1. The zero-order chi connectivity index (χ0) is 13.6. The molecule has 4 rings (SSSR count). The van der Waals surface area contributed by atoms with Crippen LogP contribution in [0.3, 0.4) is 0 Å². The predicted molar refractivity (Wildman–Crippen MR) is 75.4 cm³/mol. The molecule has 2 aromatic heterocycles. The Bertz CT molecular complexity index is 621. The van der Waals surface area contributed by atoms with Crippen molar-refractivity contribution in [3.8, 4) is 0 Å². The van der Waals surface area contributed by atoms with Crippen LogP contribution in [0.25, 0.3) is 11.2 Å². The maximum absolute atomic E-state index is 5.88. The molecule has 2 aromatic rings. The number of imidazole rings is 1. The Hall–Kier alpha value is -1.69. The van der Waals surface area contributed by atoms with Crippen molar-refractivity contribution in [3.05, 3.63) is 12.7 Å². The van der Waals surface area contributed by atoms with Crippen LogP contribution in [-0.2, 0) is 4.74 Å². The Balaban J connectivity index is 1.56. The zero-order valence-electron chi connectivity index (χ0n) is 11.6. The van der Waals surface area contributed by atoms with E-state index in [-0.39, 0.29) is 0 Å². The molecular formula is C14H19N5O. The van der Waals surface area contributed by atoms with Gasteiger partial charge >= 0.3 is 0 Å². The number of hydrogen-bond donors (Lipinski definition) is 2. The molecule has 2 N–H and O–H groups in total. The van der Waals surface area contributed by atoms with Crippen LogP contribution in [0.1, 0.15) is 32.6 Å². The van der Waals surface area contributed by atoms with Crippen molar-refractivity contribution in [2.24, 2.45) is 5.41 Å². The number of ether oxygens (including phenoxy) is 1. The van der Waals surface area contributed by atoms with Crippen molar-refractivity contribution >= 4 is 17.0 Å². The number of rotatable bonds is 4. The summed E-state index contributed by atoms with van der Waals surface area (Å²) in [6.45, 7) is 2.88. The van der Waals surface area contributed by atoms with Gasteiger partial charge in [-0.1, -0.05) is 6.42 Å². The maximum atomic E-state index is 5.88. The quantitative estimate of drug-likeness (QED) is 0.892. The molecule has 2 saturated carbocycles. The topological polar surface area (TPSA) is 75.7 Å². The summed E-state index contributed by atoms with van der Waals surface area (Å²) >= 11 is 0. The average Bonchev–Trinajstić information content (AvgIpc) is 2.84. The number of H-pyrrole nitrogens is 1. The van der Waals surface area contributed by atoms with Gasteiger partial charge in [0.1, 0.15) is 11.8 Å². The summed E-state index contributed by atoms with van der Waals surface area (Å²) in [6, 6.07) is 0.453. The lowest BCUT2D eigenvalue weighted by atomic mass is 9.51. The minimum absolute atomic E-state index is 0.327. The summed E-state index contributed by atoms with van der Waals surface area (Å²) < 4.78 is 5.88. The third-order valence-corrected chi connectivity index (χ3v) is 4.97. The second-order valence-electron chi connectivity index (χ2n) is 5.79. The van der Waals surface area contributed by atoms with Gasteiger partial charge in [-0.2, -0.15) is 0 Å². The first-order valence-corrected chi connectivity index (χ1v) is 7.36. The van der Waals surface area contributed by atoms with Crippen molar-refractivity contribution in [2.45, 2.75) is 44.8 Å². The smallest absolute Gasteiger partial charge is 0.182 e. The van der Waals surface area contributed by atoms with E-state index in [1.807, 2.05) is 0 Å². The molecule has 0 saturated heterocycles. The number of aromatic amines is 1. The molecule has 0 amide bonds. The fourth-order valence-electron chi connectivity index (χ4n) is 3.68. The second-order valence-corrected chi connectivity index (χ2v) is 5.79. The molecule has 1 spiro atoms. The van der Waals surface area contributed by atoms with Crippen molar-refractivity contribution in [3.63, 3.8) is 0 Å². The van der Waals surface area contributed by atoms with E-state index in [4.69, 9.17) is 4.74 Å². The molecule has 2 unspecified atom stereocenters. The Kier molecular flexibility index (Phi) is 2.66. The molecule has 0 aromatic carbocycles. The zero-order valence-corrected chi connectivity index (χ0v) is 11.6. The third kappa shape index (κ3) is 1.57. The van der Waals surface area contributed by atoms with Gasteiger partial charge in [0.05, 0.1) is 12.4 Å². The molecule has 6 heteroatoms. The molecular weight excluding hydrogens is 254 g/mol. The fraction of sp³-hybridized carbons (Fsp3) is 0.643. The molecule has 6 nitrogen and oxygen atoms in total. The third-order valence-electron chi connectivity index (χ3n) is 4.97. The molecule has 2 fully saturated rings. The van der Waals surface area contributed by atoms with Crippen LogP contribution in [0.5, 0.6) is 0 Å². The maximum Gasteiger partial charge on any atom is 0.182 e. The Morgan fingerprint density at radius 2 is 2.30 bits per heavy atom. The Labute approximate surface area is 117 Å². The van der Waals surface area contributed by atoms with E-state index >= 15 is 0 Å². The summed E-state index contributed by atoms with van der Waals surface area (Å²) in [5.74, 6) is 0.860. The largest absolute Gasteiger partial charge is 0.378 e. The molecule has 2 aliphatic rings. The highest BCUT2D eigenvalue weighted by molar-refractivity contribution is 5.82. The average molecular weight is 273 g/mol. The van der Waals surface area contributed by atoms with Gasteiger partial charge in [-0.05, 0) is 26.2 Å². The van der Waals surface area contributed by atoms with Crippen LogP contribution >= 0.6 is 0 Å². The number of nitrogens with one attached hydrogen (secondary N) is 2. The lowest BCUT2D eigenvalue weighted by Gasteiger charge is -2.61. The highest BCUT2D eigenvalue weighted by Gasteiger charge is 2.59. The van der Waals surface area contributed by atoms with E-state index in [1.54, 1.807) is 12.7 Å². The van der Waals surface area contributed by atoms with Gasteiger partial charge in [-0.25, -0.2) is 15.0 Å². The van der Waals surface area contributed by atoms with E-state index in [9.17, 15) is 0 Å². The SMILES string of the molecule is CCOC1CC(Nc2ncnc3nc[nH]c23)C12CCC2. The van der Waals surface area contributed by atoms with Crippen LogP contribution in [0.2, 0.25) is 0 Å². The van der Waals surface area contributed by atoms with Gasteiger partial charge in [0.2, 0.25) is 0 Å². The van der Waals surface area contributed by atoms with Gasteiger partial charge in [0.25, 0.3) is 0 Å². The van der Waals surface area contributed by atoms with Crippen LogP contribution in [0.15, 0.2) is 12.7 Å². The Morgan fingerprint density at radius 3 is 3.05 bits per heavy atom. The molecule has 0 radical (unpaired) electrons. The van der Waals surface area contributed by atoms with Gasteiger partial charge in [-0.3, -0.25) is 0 Å². The van der Waals surface area contributed by atoms with Crippen LogP contribution in [-0.4, -0.2) is 38.7 Å². The van der Waals surface area contributed by atoms with E-state index in [1.165, 1.54) is 19.3 Å². The lowest BCUT2D eigenvalue weighted by Crippen LogP contribution is -2.64. The molecule has 0 bridgehead atoms. The second kappa shape index (κ2) is 4.41. The van der Waals surface area contributed by atoms with Gasteiger partial charge in [0.15, 0.2) is 11.5 Å². The predicted octanol–water partition coefficient (Wildman–Crippen LogP) is 2.11. The fourth-order valence-corrected chi connectivity index (χ4v) is 3.68. The van der Waals surface area contributed by atoms with Gasteiger partial charge in [-0.15, -0.1) is 0 Å². The van der Waals surface area contributed by atoms with Crippen LogP contribution < -0.4 is 5.32 Å². The summed E-state index contributed by atoms with van der Waals surface area (Å²) in [4.78, 5) is 15.8. The van der Waals surface area contributed by atoms with Crippen LogP contribution in [0, 0.1) is 5.41 Å². The van der Waals surface area contributed by atoms with E-state index in [2.05, 4.69) is 32.2 Å². The number of nitrogens with zero attached hydrogens (tertiary/aromatic N) is 3. The summed E-state index contributed by atoms with van der Waals surface area (Å²) in [5, 5.41) is 3.59. The molecule has 2 heterocycles. The van der Waals surface area contributed by atoms with E-state index in [0.717, 1.165) is 24.4 Å². The molecule has 0 aliphatic heterocycles. The number of fused-ring (bicyclic) bond motifs is 1. The molecule has 2 aliphatic carbocycles. The highest BCUT2D eigenvalue weighted by atomic mass is 16.5. The van der Waals surface area contributed by atoms with Crippen molar-refractivity contribution in [1.82, 2.24) is 19.9 Å². The minimum atomic E-state index is 0.327. The number of hydrogen-bond acceptors (Lipinski definition) is 5.